The summed E-state index contributed by atoms with van der Waals surface area (Å²) in [5.41, 5.74) is 4.57. The summed E-state index contributed by atoms with van der Waals surface area (Å²) in [5, 5.41) is 4.31. The van der Waals surface area contributed by atoms with Gasteiger partial charge in [-0.3, -0.25) is 0 Å². The van der Waals surface area contributed by atoms with Gasteiger partial charge >= 0.3 is 6.03 Å². The van der Waals surface area contributed by atoms with E-state index in [-0.39, 0.29) is 12.1 Å². The van der Waals surface area contributed by atoms with Crippen molar-refractivity contribution in [2.75, 3.05) is 33.4 Å². The molecule has 0 spiro atoms. The fourth-order valence-corrected chi connectivity index (χ4v) is 4.21. The highest BCUT2D eigenvalue weighted by molar-refractivity contribution is 5.86. The van der Waals surface area contributed by atoms with E-state index in [9.17, 15) is 4.79 Å². The number of urea groups is 1. The SMILES string of the molecule is CCOCCCNC(=O)N1CCc2c([nH]c3ccccc23)C1c1ccc(OC)cc1. The Kier molecular flexibility index (Phi) is 6.23. The zero-order valence-electron chi connectivity index (χ0n) is 17.6. The average molecular weight is 408 g/mol. The molecular weight excluding hydrogens is 378 g/mol. The van der Waals surface area contributed by atoms with Crippen LogP contribution in [-0.4, -0.2) is 49.3 Å². The van der Waals surface area contributed by atoms with E-state index in [1.54, 1.807) is 7.11 Å². The van der Waals surface area contributed by atoms with Crippen LogP contribution in [0.2, 0.25) is 0 Å². The van der Waals surface area contributed by atoms with E-state index >= 15 is 0 Å². The minimum atomic E-state index is -0.168. The van der Waals surface area contributed by atoms with E-state index in [2.05, 4.69) is 28.5 Å². The number of carbonyl (C=O) groups excluding carboxylic acids is 1. The maximum absolute atomic E-state index is 13.1. The summed E-state index contributed by atoms with van der Waals surface area (Å²) < 4.78 is 10.7. The zero-order chi connectivity index (χ0) is 20.9. The van der Waals surface area contributed by atoms with Gasteiger partial charge in [-0.1, -0.05) is 30.3 Å². The van der Waals surface area contributed by atoms with Crippen molar-refractivity contribution in [3.05, 3.63) is 65.4 Å². The minimum absolute atomic E-state index is 0.0448. The van der Waals surface area contributed by atoms with E-state index in [0.717, 1.165) is 35.4 Å². The van der Waals surface area contributed by atoms with Crippen LogP contribution in [0.15, 0.2) is 48.5 Å². The molecule has 0 radical (unpaired) electrons. The van der Waals surface area contributed by atoms with Crippen molar-refractivity contribution in [1.82, 2.24) is 15.2 Å². The van der Waals surface area contributed by atoms with Gasteiger partial charge in [-0.15, -0.1) is 0 Å². The molecule has 2 aromatic carbocycles. The number of nitrogens with one attached hydrogen (secondary N) is 2. The molecule has 2 heterocycles. The van der Waals surface area contributed by atoms with Crippen LogP contribution in [0.4, 0.5) is 4.79 Å². The number of rotatable bonds is 7. The maximum atomic E-state index is 13.1. The van der Waals surface area contributed by atoms with Crippen molar-refractivity contribution >= 4 is 16.9 Å². The Labute approximate surface area is 177 Å². The molecule has 0 bridgehead atoms. The van der Waals surface area contributed by atoms with Gasteiger partial charge in [-0.2, -0.15) is 0 Å². The predicted molar refractivity (Wildman–Crippen MR) is 118 cm³/mol. The smallest absolute Gasteiger partial charge is 0.318 e. The van der Waals surface area contributed by atoms with Crippen LogP contribution >= 0.6 is 0 Å². The van der Waals surface area contributed by atoms with Crippen LogP contribution in [0.3, 0.4) is 0 Å². The molecule has 4 rings (SSSR count). The highest BCUT2D eigenvalue weighted by Gasteiger charge is 2.34. The number of hydrogen-bond donors (Lipinski definition) is 2. The third-order valence-electron chi connectivity index (χ3n) is 5.67. The number of methoxy groups -OCH3 is 1. The van der Waals surface area contributed by atoms with E-state index in [1.807, 2.05) is 42.2 Å². The lowest BCUT2D eigenvalue weighted by molar-refractivity contribution is 0.143. The summed E-state index contributed by atoms with van der Waals surface area (Å²) in [5.74, 6) is 0.804. The van der Waals surface area contributed by atoms with Gasteiger partial charge in [0.1, 0.15) is 5.75 Å². The normalized spacial score (nSPS) is 15.8. The number of fused-ring (bicyclic) bond motifs is 3. The van der Waals surface area contributed by atoms with Crippen molar-refractivity contribution < 1.29 is 14.3 Å². The van der Waals surface area contributed by atoms with Crippen molar-refractivity contribution in [3.8, 4) is 5.75 Å². The summed E-state index contributed by atoms with van der Waals surface area (Å²) in [7, 11) is 1.66. The Morgan fingerprint density at radius 2 is 2.00 bits per heavy atom. The van der Waals surface area contributed by atoms with Crippen LogP contribution < -0.4 is 10.1 Å². The Morgan fingerprint density at radius 3 is 2.77 bits per heavy atom. The van der Waals surface area contributed by atoms with Crippen LogP contribution in [-0.2, 0) is 11.2 Å². The second kappa shape index (κ2) is 9.22. The van der Waals surface area contributed by atoms with Gasteiger partial charge in [0.15, 0.2) is 0 Å². The van der Waals surface area contributed by atoms with Crippen LogP contribution in [0.1, 0.15) is 36.2 Å². The lowest BCUT2D eigenvalue weighted by Gasteiger charge is -2.36. The van der Waals surface area contributed by atoms with E-state index in [4.69, 9.17) is 9.47 Å². The van der Waals surface area contributed by atoms with Gasteiger partial charge in [0, 0.05) is 42.9 Å². The maximum Gasteiger partial charge on any atom is 0.318 e. The van der Waals surface area contributed by atoms with Crippen molar-refractivity contribution in [1.29, 1.82) is 0 Å². The highest BCUT2D eigenvalue weighted by atomic mass is 16.5. The van der Waals surface area contributed by atoms with Crippen LogP contribution in [0, 0.1) is 0 Å². The first-order valence-electron chi connectivity index (χ1n) is 10.6. The number of benzene rings is 2. The molecule has 30 heavy (non-hydrogen) atoms. The summed E-state index contributed by atoms with van der Waals surface area (Å²) in [6, 6.07) is 16.1. The summed E-state index contributed by atoms with van der Waals surface area (Å²) in [6.45, 7) is 4.60. The molecule has 0 fully saturated rings. The molecule has 1 aromatic heterocycles. The summed E-state index contributed by atoms with van der Waals surface area (Å²) in [6.07, 6.45) is 1.64. The molecule has 2 N–H and O–H groups in total. The molecule has 158 valence electrons. The fourth-order valence-electron chi connectivity index (χ4n) is 4.21. The third kappa shape index (κ3) is 4.00. The van der Waals surface area contributed by atoms with E-state index < -0.39 is 0 Å². The molecular formula is C24H29N3O3. The van der Waals surface area contributed by atoms with Crippen molar-refractivity contribution in [3.63, 3.8) is 0 Å². The molecule has 0 aliphatic carbocycles. The predicted octanol–water partition coefficient (Wildman–Crippen LogP) is 4.26. The van der Waals surface area contributed by atoms with E-state index in [1.165, 1.54) is 10.9 Å². The first kappa shape index (κ1) is 20.3. The number of aromatic amines is 1. The average Bonchev–Trinajstić information content (AvgIpc) is 3.17. The van der Waals surface area contributed by atoms with Crippen molar-refractivity contribution in [2.45, 2.75) is 25.8 Å². The Balaban J connectivity index is 1.64. The topological polar surface area (TPSA) is 66.6 Å². The molecule has 0 saturated carbocycles. The number of H-pyrrole nitrogens is 1. The molecule has 3 aromatic rings. The largest absolute Gasteiger partial charge is 0.497 e. The number of amides is 2. The van der Waals surface area contributed by atoms with E-state index in [0.29, 0.717) is 26.3 Å². The van der Waals surface area contributed by atoms with Gasteiger partial charge in [0.2, 0.25) is 0 Å². The monoisotopic (exact) mass is 407 g/mol. The molecule has 1 aliphatic heterocycles. The van der Waals surface area contributed by atoms with Gasteiger partial charge in [0.25, 0.3) is 0 Å². The zero-order valence-corrected chi connectivity index (χ0v) is 17.6. The lowest BCUT2D eigenvalue weighted by Crippen LogP contribution is -2.46. The quantitative estimate of drug-likeness (QED) is 0.575. The Hall–Kier alpha value is -2.99. The minimum Gasteiger partial charge on any atom is -0.497 e. The second-order valence-electron chi connectivity index (χ2n) is 7.46. The first-order chi connectivity index (χ1) is 14.7. The molecule has 6 heteroatoms. The molecule has 1 atom stereocenters. The first-order valence-corrected chi connectivity index (χ1v) is 10.6. The standard InChI is InChI=1S/C24H29N3O3/c1-3-30-16-6-14-25-24(28)27-15-13-20-19-7-4-5-8-21(19)26-22(20)23(27)17-9-11-18(29-2)12-10-17/h4-5,7-12,23,26H,3,6,13-16H2,1-2H3,(H,25,28). The molecule has 6 nitrogen and oxygen atoms in total. The molecule has 0 saturated heterocycles. The highest BCUT2D eigenvalue weighted by Crippen LogP contribution is 2.38. The van der Waals surface area contributed by atoms with Crippen LogP contribution in [0.25, 0.3) is 10.9 Å². The van der Waals surface area contributed by atoms with Gasteiger partial charge in [-0.05, 0) is 49.1 Å². The third-order valence-corrected chi connectivity index (χ3v) is 5.67. The molecule has 2 amide bonds. The molecule has 1 unspecified atom stereocenters. The number of nitrogens with zero attached hydrogens (tertiary/aromatic N) is 1. The summed E-state index contributed by atoms with van der Waals surface area (Å²) in [4.78, 5) is 18.6. The number of hydrogen-bond acceptors (Lipinski definition) is 3. The number of para-hydroxylation sites is 1. The number of aromatic nitrogens is 1. The Bertz CT molecular complexity index is 997. The van der Waals surface area contributed by atoms with Gasteiger partial charge in [-0.25, -0.2) is 4.79 Å². The summed E-state index contributed by atoms with van der Waals surface area (Å²) >= 11 is 0. The Morgan fingerprint density at radius 1 is 1.20 bits per heavy atom. The number of ether oxygens (including phenoxy) is 2. The van der Waals surface area contributed by atoms with Gasteiger partial charge in [0.05, 0.1) is 13.2 Å². The molecule has 1 aliphatic rings. The lowest BCUT2D eigenvalue weighted by atomic mass is 9.92. The second-order valence-corrected chi connectivity index (χ2v) is 7.46. The van der Waals surface area contributed by atoms with Crippen molar-refractivity contribution in [2.24, 2.45) is 0 Å². The van der Waals surface area contributed by atoms with Crippen LogP contribution in [0.5, 0.6) is 5.75 Å². The number of carbonyl (C=O) groups is 1. The fraction of sp³-hybridized carbons (Fsp3) is 0.375. The van der Waals surface area contributed by atoms with Gasteiger partial charge < -0.3 is 24.7 Å².